The molecule has 1 amide bonds. The second-order valence-electron chi connectivity index (χ2n) is 7.59. The quantitative estimate of drug-likeness (QED) is 0.421. The molecule has 2 saturated heterocycles. The van der Waals surface area contributed by atoms with Gasteiger partial charge in [0, 0.05) is 49.2 Å². The molecule has 0 unspecified atom stereocenters. The third kappa shape index (κ3) is 4.63. The van der Waals surface area contributed by atoms with E-state index >= 15 is 0 Å². The summed E-state index contributed by atoms with van der Waals surface area (Å²) in [5.41, 5.74) is 1.19. The largest absolute Gasteiger partial charge is 0.507 e. The van der Waals surface area contributed by atoms with Gasteiger partial charge in [-0.25, -0.2) is 0 Å². The smallest absolute Gasteiger partial charge is 0.295 e. The number of carbonyl (C=O) groups is 2. The molecule has 1 aromatic heterocycles. The van der Waals surface area contributed by atoms with Crippen LogP contribution in [0.25, 0.3) is 5.76 Å². The summed E-state index contributed by atoms with van der Waals surface area (Å²) in [6.45, 7) is 4.35. The molecule has 2 aromatic rings. The molecule has 8 heteroatoms. The Bertz CT molecular complexity index is 972. The van der Waals surface area contributed by atoms with E-state index in [4.69, 9.17) is 16.3 Å². The van der Waals surface area contributed by atoms with Crippen LogP contribution in [0.3, 0.4) is 0 Å². The lowest BCUT2D eigenvalue weighted by molar-refractivity contribution is -0.140. The number of Topliss-reactive ketones (excluding diaryl/α,β-unsaturated/α-hetero) is 1. The molecule has 31 heavy (non-hydrogen) atoms. The second kappa shape index (κ2) is 9.60. The van der Waals surface area contributed by atoms with Crippen LogP contribution in [0.4, 0.5) is 0 Å². The van der Waals surface area contributed by atoms with Gasteiger partial charge in [-0.1, -0.05) is 17.7 Å². The summed E-state index contributed by atoms with van der Waals surface area (Å²) in [7, 11) is 0. The summed E-state index contributed by atoms with van der Waals surface area (Å²) >= 11 is 5.95. The van der Waals surface area contributed by atoms with Gasteiger partial charge in [-0.15, -0.1) is 0 Å². The summed E-state index contributed by atoms with van der Waals surface area (Å²) in [6, 6.07) is 9.41. The van der Waals surface area contributed by atoms with Crippen molar-refractivity contribution in [1.82, 2.24) is 14.8 Å². The maximum atomic E-state index is 13.0. The Morgan fingerprint density at radius 3 is 2.55 bits per heavy atom. The van der Waals surface area contributed by atoms with Gasteiger partial charge in [-0.2, -0.15) is 0 Å². The van der Waals surface area contributed by atoms with Gasteiger partial charge in [-0.3, -0.25) is 19.5 Å². The highest BCUT2D eigenvalue weighted by atomic mass is 35.5. The molecule has 162 valence electrons. The van der Waals surface area contributed by atoms with Crippen molar-refractivity contribution in [3.05, 3.63) is 70.5 Å². The average molecular weight is 442 g/mol. The molecule has 7 nitrogen and oxygen atoms in total. The van der Waals surface area contributed by atoms with Gasteiger partial charge < -0.3 is 14.7 Å². The number of ether oxygens (including phenoxy) is 1. The molecule has 0 spiro atoms. The fraction of sp³-hybridized carbons (Fsp3) is 0.348. The summed E-state index contributed by atoms with van der Waals surface area (Å²) in [5.74, 6) is -1.50. The standard InChI is InChI=1S/C23H24ClN3O4/c24-18-6-4-16(5-7-18)21(28)19-20(17-3-1-8-25-15-17)27(23(30)22(19)29)10-2-9-26-11-13-31-14-12-26/h1,3-8,15,20,28H,2,9-14H2/b21-19+/t20-/m0/s1. The number of aliphatic hydroxyl groups is 1. The maximum Gasteiger partial charge on any atom is 0.295 e. The molecular weight excluding hydrogens is 418 g/mol. The van der Waals surface area contributed by atoms with Gasteiger partial charge in [0.2, 0.25) is 0 Å². The maximum absolute atomic E-state index is 13.0. The molecule has 1 N–H and O–H groups in total. The zero-order valence-corrected chi connectivity index (χ0v) is 17.8. The van der Waals surface area contributed by atoms with E-state index in [0.29, 0.717) is 42.3 Å². The predicted octanol–water partition coefficient (Wildman–Crippen LogP) is 2.88. The van der Waals surface area contributed by atoms with Crippen molar-refractivity contribution in [2.24, 2.45) is 0 Å². The number of aromatic nitrogens is 1. The number of hydrogen-bond donors (Lipinski definition) is 1. The lowest BCUT2D eigenvalue weighted by Crippen LogP contribution is -2.39. The Balaban J connectivity index is 1.64. The molecule has 1 aromatic carbocycles. The lowest BCUT2D eigenvalue weighted by Gasteiger charge is -2.29. The monoisotopic (exact) mass is 441 g/mol. The van der Waals surface area contributed by atoms with Crippen LogP contribution in [-0.4, -0.2) is 71.0 Å². The van der Waals surface area contributed by atoms with Gasteiger partial charge in [0.25, 0.3) is 11.7 Å². The third-order valence-electron chi connectivity index (χ3n) is 5.63. The molecule has 0 aliphatic carbocycles. The number of carbonyl (C=O) groups excluding carboxylic acids is 2. The fourth-order valence-electron chi connectivity index (χ4n) is 4.05. The minimum absolute atomic E-state index is 0.0756. The van der Waals surface area contributed by atoms with E-state index in [1.54, 1.807) is 47.6 Å². The van der Waals surface area contributed by atoms with Gasteiger partial charge in [-0.05, 0) is 42.3 Å². The Morgan fingerprint density at radius 1 is 1.13 bits per heavy atom. The summed E-state index contributed by atoms with van der Waals surface area (Å²) in [5, 5.41) is 11.5. The van der Waals surface area contributed by atoms with Gasteiger partial charge in [0.15, 0.2) is 0 Å². The number of rotatable bonds is 6. The number of benzene rings is 1. The van der Waals surface area contributed by atoms with Crippen LogP contribution in [-0.2, 0) is 14.3 Å². The molecule has 2 fully saturated rings. The number of hydrogen-bond acceptors (Lipinski definition) is 6. The minimum Gasteiger partial charge on any atom is -0.507 e. The van der Waals surface area contributed by atoms with E-state index in [0.717, 1.165) is 19.6 Å². The number of ketones is 1. The minimum atomic E-state index is -0.687. The van der Waals surface area contributed by atoms with E-state index in [9.17, 15) is 14.7 Å². The predicted molar refractivity (Wildman–Crippen MR) is 117 cm³/mol. The molecule has 4 rings (SSSR count). The van der Waals surface area contributed by atoms with Crippen LogP contribution in [0.15, 0.2) is 54.4 Å². The van der Waals surface area contributed by atoms with Crippen molar-refractivity contribution in [3.8, 4) is 0 Å². The zero-order valence-electron chi connectivity index (χ0n) is 17.0. The zero-order chi connectivity index (χ0) is 21.8. The number of halogens is 1. The first-order valence-corrected chi connectivity index (χ1v) is 10.7. The molecule has 2 aliphatic heterocycles. The highest BCUT2D eigenvalue weighted by molar-refractivity contribution is 6.46. The highest BCUT2D eigenvalue weighted by Gasteiger charge is 2.45. The Morgan fingerprint density at radius 2 is 1.87 bits per heavy atom. The van der Waals surface area contributed by atoms with Gasteiger partial charge >= 0.3 is 0 Å². The molecule has 3 heterocycles. The van der Waals surface area contributed by atoms with Crippen LogP contribution >= 0.6 is 11.6 Å². The van der Waals surface area contributed by atoms with E-state index < -0.39 is 17.7 Å². The first-order valence-electron chi connectivity index (χ1n) is 10.3. The Kier molecular flexibility index (Phi) is 6.65. The number of pyridine rings is 1. The van der Waals surface area contributed by atoms with E-state index in [-0.39, 0.29) is 11.3 Å². The normalized spacial score (nSPS) is 21.6. The van der Waals surface area contributed by atoms with Crippen molar-refractivity contribution in [3.63, 3.8) is 0 Å². The molecule has 0 saturated carbocycles. The van der Waals surface area contributed by atoms with Crippen LogP contribution < -0.4 is 0 Å². The Labute approximate surface area is 185 Å². The second-order valence-corrected chi connectivity index (χ2v) is 8.03. The van der Waals surface area contributed by atoms with Crippen molar-refractivity contribution in [2.45, 2.75) is 12.5 Å². The summed E-state index contributed by atoms with van der Waals surface area (Å²) in [6.07, 6.45) is 3.97. The van der Waals surface area contributed by atoms with Crippen LogP contribution in [0, 0.1) is 0 Å². The molecule has 2 aliphatic rings. The molecule has 0 radical (unpaired) electrons. The van der Waals surface area contributed by atoms with Crippen LogP contribution in [0.2, 0.25) is 5.02 Å². The SMILES string of the molecule is O=C1C(=O)N(CCCN2CCOCC2)[C@@H](c2cccnc2)/C1=C(\O)c1ccc(Cl)cc1. The van der Waals surface area contributed by atoms with Crippen LogP contribution in [0.5, 0.6) is 0 Å². The number of aliphatic hydroxyl groups excluding tert-OH is 1. The number of nitrogens with zero attached hydrogens (tertiary/aromatic N) is 3. The molecule has 1 atom stereocenters. The van der Waals surface area contributed by atoms with E-state index in [1.165, 1.54) is 0 Å². The molecular formula is C23H24ClN3O4. The third-order valence-corrected chi connectivity index (χ3v) is 5.89. The van der Waals surface area contributed by atoms with Crippen molar-refractivity contribution in [2.75, 3.05) is 39.4 Å². The summed E-state index contributed by atoms with van der Waals surface area (Å²) < 4.78 is 5.38. The topological polar surface area (TPSA) is 83.0 Å². The first-order chi connectivity index (χ1) is 15.1. The number of likely N-dealkylation sites (tertiary alicyclic amines) is 1. The number of amides is 1. The fourth-order valence-corrected chi connectivity index (χ4v) is 4.17. The number of morpholine rings is 1. The van der Waals surface area contributed by atoms with Crippen molar-refractivity contribution >= 4 is 29.1 Å². The van der Waals surface area contributed by atoms with Gasteiger partial charge in [0.05, 0.1) is 24.8 Å². The van der Waals surface area contributed by atoms with Gasteiger partial charge in [0.1, 0.15) is 5.76 Å². The van der Waals surface area contributed by atoms with Crippen LogP contribution in [0.1, 0.15) is 23.6 Å². The van der Waals surface area contributed by atoms with Crippen molar-refractivity contribution in [1.29, 1.82) is 0 Å². The van der Waals surface area contributed by atoms with E-state index in [2.05, 4.69) is 9.88 Å². The van der Waals surface area contributed by atoms with E-state index in [1.807, 2.05) is 6.07 Å². The lowest BCUT2D eigenvalue weighted by atomic mass is 9.96. The average Bonchev–Trinajstić information content (AvgIpc) is 3.05. The summed E-state index contributed by atoms with van der Waals surface area (Å²) in [4.78, 5) is 33.9. The molecule has 0 bridgehead atoms. The Hall–Kier alpha value is -2.74. The first kappa shape index (κ1) is 21.5. The highest BCUT2D eigenvalue weighted by Crippen LogP contribution is 2.39. The van der Waals surface area contributed by atoms with Crippen molar-refractivity contribution < 1.29 is 19.4 Å².